The Balaban J connectivity index is 1.21. The van der Waals surface area contributed by atoms with Crippen LogP contribution in [-0.4, -0.2) is 82.7 Å². The fourth-order valence-electron chi connectivity index (χ4n) is 5.06. The minimum atomic E-state index is -0.629. The average molecular weight is 466 g/mol. The van der Waals surface area contributed by atoms with E-state index in [1.54, 1.807) is 4.90 Å². The summed E-state index contributed by atoms with van der Waals surface area (Å²) < 4.78 is 5.38. The van der Waals surface area contributed by atoms with Crippen LogP contribution in [0.1, 0.15) is 53.4 Å². The van der Waals surface area contributed by atoms with Gasteiger partial charge in [0.15, 0.2) is 0 Å². The standard InChI is InChI=1S/C22H35N5O6/c1-5-6-9-32-27-13-7-8-16(26(10-13)20(27)30)18(28)23-24-19(29)17-14-11-25(12-15(14)17)21(31)33-22(2,3)4/h13-17H,5-12H2,1-4H3,(H,23,28)(H,24,29)/t13-,14-,15+,16-,17+/m0/s1. The number of hydrazine groups is 1. The molecule has 1 aliphatic carbocycles. The van der Waals surface area contributed by atoms with Crippen LogP contribution < -0.4 is 10.9 Å². The molecule has 3 aliphatic heterocycles. The zero-order valence-electron chi connectivity index (χ0n) is 19.8. The lowest BCUT2D eigenvalue weighted by Crippen LogP contribution is -2.54. The molecule has 0 radical (unpaired) electrons. The maximum absolute atomic E-state index is 12.7. The summed E-state index contributed by atoms with van der Waals surface area (Å²) in [5, 5.41) is 1.41. The first-order valence-corrected chi connectivity index (χ1v) is 11.9. The minimum absolute atomic E-state index is 0.0354. The third-order valence-electron chi connectivity index (χ3n) is 6.81. The summed E-state index contributed by atoms with van der Waals surface area (Å²) in [5.41, 5.74) is 4.47. The summed E-state index contributed by atoms with van der Waals surface area (Å²) in [6.45, 7) is 9.40. The Morgan fingerprint density at radius 1 is 1.03 bits per heavy atom. The fraction of sp³-hybridized carbons (Fsp3) is 0.818. The molecular weight excluding hydrogens is 430 g/mol. The van der Waals surface area contributed by atoms with Crippen LogP contribution in [0.2, 0.25) is 0 Å². The minimum Gasteiger partial charge on any atom is -0.444 e. The van der Waals surface area contributed by atoms with Crippen LogP contribution in [-0.2, 0) is 19.2 Å². The molecule has 3 saturated heterocycles. The number of likely N-dealkylation sites (tertiary alicyclic amines) is 1. The number of hydrogen-bond donors (Lipinski definition) is 2. The Hall–Kier alpha value is -2.56. The van der Waals surface area contributed by atoms with Gasteiger partial charge in [-0.1, -0.05) is 13.3 Å². The number of carbonyl (C=O) groups excluding carboxylic acids is 4. The topological polar surface area (TPSA) is 121 Å². The molecule has 3 heterocycles. The molecule has 0 spiro atoms. The van der Waals surface area contributed by atoms with Crippen LogP contribution in [0.4, 0.5) is 9.59 Å². The lowest BCUT2D eigenvalue weighted by molar-refractivity contribution is -0.133. The van der Waals surface area contributed by atoms with Crippen molar-refractivity contribution in [1.29, 1.82) is 0 Å². The second-order valence-corrected chi connectivity index (χ2v) is 10.4. The predicted molar refractivity (Wildman–Crippen MR) is 116 cm³/mol. The van der Waals surface area contributed by atoms with E-state index in [0.29, 0.717) is 39.1 Å². The van der Waals surface area contributed by atoms with Crippen molar-refractivity contribution >= 4 is 23.9 Å². The first kappa shape index (κ1) is 23.6. The van der Waals surface area contributed by atoms with Gasteiger partial charge in [0.2, 0.25) is 5.91 Å². The van der Waals surface area contributed by atoms with Crippen molar-refractivity contribution in [2.45, 2.75) is 71.1 Å². The molecule has 2 N–H and O–H groups in total. The summed E-state index contributed by atoms with van der Waals surface area (Å²) >= 11 is 0. The number of nitrogens with zero attached hydrogens (tertiary/aromatic N) is 3. The average Bonchev–Trinajstić information content (AvgIpc) is 3.14. The van der Waals surface area contributed by atoms with Gasteiger partial charge in [0.05, 0.1) is 12.6 Å². The van der Waals surface area contributed by atoms with Crippen molar-refractivity contribution in [2.24, 2.45) is 17.8 Å². The number of unbranched alkanes of at least 4 members (excludes halogenated alkanes) is 1. The highest BCUT2D eigenvalue weighted by molar-refractivity contribution is 5.91. The highest BCUT2D eigenvalue weighted by Crippen LogP contribution is 2.51. The van der Waals surface area contributed by atoms with Gasteiger partial charge >= 0.3 is 12.1 Å². The van der Waals surface area contributed by atoms with Gasteiger partial charge in [0.25, 0.3) is 5.91 Å². The van der Waals surface area contributed by atoms with Gasteiger partial charge in [-0.2, -0.15) is 5.06 Å². The first-order valence-electron chi connectivity index (χ1n) is 11.9. The number of hydrogen-bond acceptors (Lipinski definition) is 6. The number of hydroxylamine groups is 2. The highest BCUT2D eigenvalue weighted by Gasteiger charge is 2.60. The van der Waals surface area contributed by atoms with Crippen molar-refractivity contribution < 1.29 is 28.8 Å². The Morgan fingerprint density at radius 2 is 1.70 bits per heavy atom. The molecule has 5 amide bonds. The molecule has 4 aliphatic rings. The molecule has 33 heavy (non-hydrogen) atoms. The second-order valence-electron chi connectivity index (χ2n) is 10.4. The molecule has 5 atom stereocenters. The summed E-state index contributed by atoms with van der Waals surface area (Å²) in [6.07, 6.45) is 2.67. The largest absolute Gasteiger partial charge is 0.444 e. The number of amides is 5. The van der Waals surface area contributed by atoms with E-state index in [0.717, 1.165) is 12.8 Å². The zero-order valence-corrected chi connectivity index (χ0v) is 19.8. The third-order valence-corrected chi connectivity index (χ3v) is 6.81. The van der Waals surface area contributed by atoms with Gasteiger partial charge in [-0.3, -0.25) is 25.3 Å². The molecule has 184 valence electrons. The van der Waals surface area contributed by atoms with Gasteiger partial charge < -0.3 is 14.5 Å². The fourth-order valence-corrected chi connectivity index (χ4v) is 5.06. The lowest BCUT2D eigenvalue weighted by atomic mass is 10.0. The van der Waals surface area contributed by atoms with Gasteiger partial charge in [-0.15, -0.1) is 0 Å². The van der Waals surface area contributed by atoms with E-state index in [2.05, 4.69) is 17.8 Å². The molecule has 0 unspecified atom stereocenters. The molecule has 1 saturated carbocycles. The molecule has 11 nitrogen and oxygen atoms in total. The molecular formula is C22H35N5O6. The highest BCUT2D eigenvalue weighted by atomic mass is 16.7. The third kappa shape index (κ3) is 4.87. The van der Waals surface area contributed by atoms with Crippen molar-refractivity contribution in [3.05, 3.63) is 0 Å². The van der Waals surface area contributed by atoms with E-state index < -0.39 is 17.6 Å². The summed E-state index contributed by atoms with van der Waals surface area (Å²) in [5.74, 6) is -0.715. The predicted octanol–water partition coefficient (Wildman–Crippen LogP) is 1.25. The molecule has 0 aromatic rings. The van der Waals surface area contributed by atoms with Crippen LogP contribution in [0.3, 0.4) is 0 Å². The number of piperidine rings is 2. The summed E-state index contributed by atoms with van der Waals surface area (Å²) in [7, 11) is 0. The van der Waals surface area contributed by atoms with Gasteiger partial charge in [-0.05, 0) is 51.9 Å². The monoisotopic (exact) mass is 465 g/mol. The Labute approximate surface area is 194 Å². The van der Waals surface area contributed by atoms with Crippen molar-refractivity contribution in [3.8, 4) is 0 Å². The van der Waals surface area contributed by atoms with Crippen LogP contribution in [0.15, 0.2) is 0 Å². The SMILES string of the molecule is CCCCON1C(=O)N2C[C@@H]1CC[C@H]2C(=O)NNC(=O)[C@H]1[C@@H]2CN(C(=O)OC(C)(C)C)C[C@@H]21. The second kappa shape index (κ2) is 9.00. The van der Waals surface area contributed by atoms with Crippen molar-refractivity contribution in [3.63, 3.8) is 0 Å². The summed E-state index contributed by atoms with van der Waals surface area (Å²) in [6, 6.07) is -0.957. The van der Waals surface area contributed by atoms with E-state index in [1.165, 1.54) is 9.96 Å². The maximum Gasteiger partial charge on any atom is 0.410 e. The van der Waals surface area contributed by atoms with E-state index >= 15 is 0 Å². The van der Waals surface area contributed by atoms with Crippen molar-refractivity contribution in [1.82, 2.24) is 25.7 Å². The van der Waals surface area contributed by atoms with E-state index in [4.69, 9.17) is 9.57 Å². The quantitative estimate of drug-likeness (QED) is 0.450. The van der Waals surface area contributed by atoms with Gasteiger partial charge in [0, 0.05) is 25.6 Å². The Morgan fingerprint density at radius 3 is 2.33 bits per heavy atom. The zero-order chi connectivity index (χ0) is 23.9. The Bertz CT molecular complexity index is 802. The smallest absolute Gasteiger partial charge is 0.410 e. The van der Waals surface area contributed by atoms with E-state index in [-0.39, 0.29) is 41.8 Å². The maximum atomic E-state index is 12.7. The number of urea groups is 1. The van der Waals surface area contributed by atoms with Crippen LogP contribution >= 0.6 is 0 Å². The van der Waals surface area contributed by atoms with Crippen LogP contribution in [0, 0.1) is 17.8 Å². The van der Waals surface area contributed by atoms with Crippen LogP contribution in [0.5, 0.6) is 0 Å². The van der Waals surface area contributed by atoms with Gasteiger partial charge in [0.1, 0.15) is 11.6 Å². The van der Waals surface area contributed by atoms with E-state index in [9.17, 15) is 19.2 Å². The van der Waals surface area contributed by atoms with Crippen molar-refractivity contribution in [2.75, 3.05) is 26.2 Å². The number of nitrogens with one attached hydrogen (secondary N) is 2. The number of ether oxygens (including phenoxy) is 1. The summed E-state index contributed by atoms with van der Waals surface area (Å²) in [4.78, 5) is 58.9. The lowest BCUT2D eigenvalue weighted by Gasteiger charge is -2.29. The first-order chi connectivity index (χ1) is 15.6. The normalized spacial score (nSPS) is 30.2. The Kier molecular flexibility index (Phi) is 6.43. The van der Waals surface area contributed by atoms with E-state index in [1.807, 2.05) is 20.8 Å². The number of carbonyl (C=O) groups is 4. The molecule has 2 bridgehead atoms. The molecule has 0 aromatic carbocycles. The molecule has 4 fully saturated rings. The number of fused-ring (bicyclic) bond motifs is 3. The molecule has 4 rings (SSSR count). The molecule has 11 heteroatoms. The number of rotatable bonds is 6. The molecule has 0 aromatic heterocycles. The van der Waals surface area contributed by atoms with Gasteiger partial charge in [-0.25, -0.2) is 9.59 Å². The van der Waals surface area contributed by atoms with Crippen LogP contribution in [0.25, 0.3) is 0 Å².